The molecule has 2 heterocycles. The van der Waals surface area contributed by atoms with Crippen LogP contribution in [0.3, 0.4) is 0 Å². The van der Waals surface area contributed by atoms with Gasteiger partial charge in [-0.1, -0.05) is 18.2 Å². The molecule has 6 nitrogen and oxygen atoms in total. The third kappa shape index (κ3) is 4.02. The van der Waals surface area contributed by atoms with Gasteiger partial charge in [0.2, 0.25) is 0 Å². The molecule has 0 saturated carbocycles. The molecule has 24 heavy (non-hydrogen) atoms. The van der Waals surface area contributed by atoms with Gasteiger partial charge in [-0.3, -0.25) is 4.79 Å². The Morgan fingerprint density at radius 2 is 1.83 bits per heavy atom. The predicted octanol–water partition coefficient (Wildman–Crippen LogP) is 1.92. The Hall–Kier alpha value is -1.74. The highest BCUT2D eigenvalue weighted by atomic mass is 32.2. The van der Waals surface area contributed by atoms with Gasteiger partial charge in [-0.2, -0.15) is 4.31 Å². The Bertz CT molecular complexity index is 795. The summed E-state index contributed by atoms with van der Waals surface area (Å²) in [4.78, 5) is 12.6. The monoisotopic (exact) mass is 367 g/mol. The van der Waals surface area contributed by atoms with Gasteiger partial charge in [-0.25, -0.2) is 8.42 Å². The van der Waals surface area contributed by atoms with Crippen molar-refractivity contribution in [3.8, 4) is 5.75 Å². The third-order valence-corrected chi connectivity index (χ3v) is 6.95. The van der Waals surface area contributed by atoms with E-state index in [4.69, 9.17) is 9.47 Å². The number of hydrogen-bond acceptors (Lipinski definition) is 6. The largest absolute Gasteiger partial charge is 0.426 e. The minimum Gasteiger partial charge on any atom is -0.426 e. The van der Waals surface area contributed by atoms with E-state index in [1.54, 1.807) is 36.4 Å². The summed E-state index contributed by atoms with van der Waals surface area (Å²) >= 11 is 1.10. The van der Waals surface area contributed by atoms with E-state index < -0.39 is 16.0 Å². The highest BCUT2D eigenvalue weighted by Crippen LogP contribution is 2.26. The van der Waals surface area contributed by atoms with Crippen LogP contribution in [0, 0.1) is 0 Å². The van der Waals surface area contributed by atoms with Crippen molar-refractivity contribution >= 4 is 27.3 Å². The van der Waals surface area contributed by atoms with Gasteiger partial charge in [0.25, 0.3) is 10.0 Å². The molecule has 128 valence electrons. The number of carbonyl (C=O) groups is 1. The Balaban J connectivity index is 1.65. The summed E-state index contributed by atoms with van der Waals surface area (Å²) in [7, 11) is -3.52. The Kier molecular flexibility index (Phi) is 5.30. The number of carbonyl (C=O) groups excluding carboxylic acids is 1. The summed E-state index contributed by atoms with van der Waals surface area (Å²) in [5.74, 6) is 0.0542. The quantitative estimate of drug-likeness (QED) is 0.596. The number of para-hydroxylation sites is 1. The molecule has 0 amide bonds. The van der Waals surface area contributed by atoms with Gasteiger partial charge >= 0.3 is 5.97 Å². The Morgan fingerprint density at radius 1 is 1.12 bits per heavy atom. The van der Waals surface area contributed by atoms with Gasteiger partial charge < -0.3 is 9.47 Å². The molecule has 0 aliphatic carbocycles. The summed E-state index contributed by atoms with van der Waals surface area (Å²) < 4.78 is 37.1. The van der Waals surface area contributed by atoms with Gasteiger partial charge in [0, 0.05) is 18.0 Å². The molecule has 3 rings (SSSR count). The minimum absolute atomic E-state index is 0.0399. The van der Waals surface area contributed by atoms with Crippen LogP contribution >= 0.6 is 11.3 Å². The molecule has 1 aromatic carbocycles. The van der Waals surface area contributed by atoms with Crippen LogP contribution in [0.2, 0.25) is 0 Å². The number of rotatable bonds is 5. The number of thiophene rings is 1. The van der Waals surface area contributed by atoms with Crippen molar-refractivity contribution in [3.05, 3.63) is 47.3 Å². The lowest BCUT2D eigenvalue weighted by Gasteiger charge is -2.25. The first-order valence-corrected chi connectivity index (χ1v) is 9.74. The summed E-state index contributed by atoms with van der Waals surface area (Å²) in [6, 6.07) is 12.0. The Labute approximate surface area is 144 Å². The first-order chi connectivity index (χ1) is 11.6. The smallest absolute Gasteiger partial charge is 0.316 e. The van der Waals surface area contributed by atoms with E-state index in [1.807, 2.05) is 6.07 Å². The molecule has 0 unspecified atom stereocenters. The van der Waals surface area contributed by atoms with E-state index in [9.17, 15) is 13.2 Å². The molecule has 0 spiro atoms. The summed E-state index contributed by atoms with van der Waals surface area (Å²) in [5, 5.41) is 0. The van der Waals surface area contributed by atoms with Crippen molar-refractivity contribution in [2.75, 3.05) is 26.3 Å². The van der Waals surface area contributed by atoms with Crippen LogP contribution in [0.4, 0.5) is 0 Å². The molecule has 0 atom stereocenters. The number of esters is 1. The number of nitrogens with zero attached hydrogens (tertiary/aromatic N) is 1. The fourth-order valence-electron chi connectivity index (χ4n) is 2.30. The van der Waals surface area contributed by atoms with E-state index in [0.29, 0.717) is 36.9 Å². The second kappa shape index (κ2) is 7.43. The second-order valence-corrected chi connectivity index (χ2v) is 8.53. The van der Waals surface area contributed by atoms with Crippen molar-refractivity contribution in [3.63, 3.8) is 0 Å². The molecule has 1 fully saturated rings. The van der Waals surface area contributed by atoms with E-state index in [-0.39, 0.29) is 10.6 Å². The van der Waals surface area contributed by atoms with Gasteiger partial charge in [-0.05, 0) is 24.3 Å². The van der Waals surface area contributed by atoms with Crippen molar-refractivity contribution < 1.29 is 22.7 Å². The van der Waals surface area contributed by atoms with Crippen LogP contribution in [0.15, 0.2) is 46.7 Å². The first-order valence-electron chi connectivity index (χ1n) is 7.48. The zero-order chi connectivity index (χ0) is 17.0. The van der Waals surface area contributed by atoms with Gasteiger partial charge in [-0.15, -0.1) is 11.3 Å². The number of morpholine rings is 1. The molecule has 0 N–H and O–H groups in total. The number of benzene rings is 1. The van der Waals surface area contributed by atoms with E-state index in [1.165, 1.54) is 4.31 Å². The molecule has 1 aliphatic heterocycles. The fourth-order valence-corrected chi connectivity index (χ4v) is 5.21. The maximum atomic E-state index is 12.5. The summed E-state index contributed by atoms with van der Waals surface area (Å²) in [6.45, 7) is 1.51. The molecule has 1 saturated heterocycles. The minimum atomic E-state index is -3.52. The van der Waals surface area contributed by atoms with Crippen LogP contribution < -0.4 is 4.74 Å². The highest BCUT2D eigenvalue weighted by molar-refractivity contribution is 7.91. The van der Waals surface area contributed by atoms with Gasteiger partial charge in [0.05, 0.1) is 19.6 Å². The number of sulfonamides is 1. The van der Waals surface area contributed by atoms with E-state index >= 15 is 0 Å². The molecule has 1 aliphatic rings. The van der Waals surface area contributed by atoms with Crippen molar-refractivity contribution in [1.29, 1.82) is 0 Å². The standard InChI is InChI=1S/C16H17NO5S2/c18-15(22-13-4-2-1-3-5-13)12-14-6-7-16(23-14)24(19,20)17-8-10-21-11-9-17/h1-7H,8-12H2. The van der Waals surface area contributed by atoms with Crippen molar-refractivity contribution in [1.82, 2.24) is 4.31 Å². The van der Waals surface area contributed by atoms with Crippen molar-refractivity contribution in [2.45, 2.75) is 10.6 Å². The SMILES string of the molecule is O=C(Cc1ccc(S(=O)(=O)N2CCOCC2)s1)Oc1ccccc1. The lowest BCUT2D eigenvalue weighted by atomic mass is 10.3. The molecule has 8 heteroatoms. The number of hydrogen-bond donors (Lipinski definition) is 0. The zero-order valence-electron chi connectivity index (χ0n) is 12.9. The Morgan fingerprint density at radius 3 is 2.54 bits per heavy atom. The van der Waals surface area contributed by atoms with Gasteiger partial charge in [0.15, 0.2) is 0 Å². The molecule has 1 aromatic heterocycles. The normalized spacial score (nSPS) is 16.0. The highest BCUT2D eigenvalue weighted by Gasteiger charge is 2.28. The number of ether oxygens (including phenoxy) is 2. The molecular weight excluding hydrogens is 350 g/mol. The second-order valence-electron chi connectivity index (χ2n) is 5.20. The third-order valence-electron chi connectivity index (χ3n) is 3.49. The molecule has 0 bridgehead atoms. The average molecular weight is 367 g/mol. The van der Waals surface area contributed by atoms with E-state index in [0.717, 1.165) is 11.3 Å². The summed E-state index contributed by atoms with van der Waals surface area (Å²) in [5.41, 5.74) is 0. The lowest BCUT2D eigenvalue weighted by molar-refractivity contribution is -0.133. The van der Waals surface area contributed by atoms with E-state index in [2.05, 4.69) is 0 Å². The first kappa shape index (κ1) is 17.1. The van der Waals surface area contributed by atoms with Crippen molar-refractivity contribution in [2.24, 2.45) is 0 Å². The summed E-state index contributed by atoms with van der Waals surface area (Å²) in [6.07, 6.45) is 0.0399. The maximum Gasteiger partial charge on any atom is 0.316 e. The van der Waals surface area contributed by atoms with Crippen LogP contribution in [0.5, 0.6) is 5.75 Å². The predicted molar refractivity (Wildman–Crippen MR) is 89.7 cm³/mol. The zero-order valence-corrected chi connectivity index (χ0v) is 14.5. The van der Waals surface area contributed by atoms with Crippen LogP contribution in [-0.4, -0.2) is 45.0 Å². The lowest BCUT2D eigenvalue weighted by Crippen LogP contribution is -2.40. The average Bonchev–Trinajstić information content (AvgIpc) is 3.05. The topological polar surface area (TPSA) is 72.9 Å². The molecule has 2 aromatic rings. The van der Waals surface area contributed by atoms with Gasteiger partial charge in [0.1, 0.15) is 9.96 Å². The fraction of sp³-hybridized carbons (Fsp3) is 0.312. The molecule has 0 radical (unpaired) electrons. The van der Waals surface area contributed by atoms with Crippen LogP contribution in [0.25, 0.3) is 0 Å². The van der Waals surface area contributed by atoms with Crippen LogP contribution in [-0.2, 0) is 26.0 Å². The van der Waals surface area contributed by atoms with Crippen LogP contribution in [0.1, 0.15) is 4.88 Å². The maximum absolute atomic E-state index is 12.5. The molecular formula is C16H17NO5S2.